The molecule has 0 saturated carbocycles. The number of urea groups is 1. The van der Waals surface area contributed by atoms with Gasteiger partial charge in [0.15, 0.2) is 0 Å². The molecule has 0 heterocycles. The van der Waals surface area contributed by atoms with Crippen molar-refractivity contribution >= 4 is 29.3 Å². The number of hydrogen-bond donors (Lipinski definition) is 2. The molecule has 0 radical (unpaired) electrons. The molecule has 0 fully saturated rings. The summed E-state index contributed by atoms with van der Waals surface area (Å²) in [4.78, 5) is 23.4. The number of aliphatic carboxylic acids is 1. The van der Waals surface area contributed by atoms with Crippen molar-refractivity contribution in [3.8, 4) is 0 Å². The molecule has 0 atom stereocenters. The van der Waals surface area contributed by atoms with Crippen molar-refractivity contribution in [2.45, 2.75) is 12.8 Å². The smallest absolute Gasteiger partial charge is 0.321 e. The van der Waals surface area contributed by atoms with Crippen molar-refractivity contribution in [2.24, 2.45) is 0 Å². The topological polar surface area (TPSA) is 69.6 Å². The number of rotatable bonds is 5. The lowest BCUT2D eigenvalue weighted by molar-refractivity contribution is -0.137. The molecular formula is C12H14ClFN2O3. The van der Waals surface area contributed by atoms with E-state index in [9.17, 15) is 14.0 Å². The average molecular weight is 289 g/mol. The number of carbonyl (C=O) groups excluding carboxylic acids is 1. The van der Waals surface area contributed by atoms with E-state index in [4.69, 9.17) is 16.7 Å². The number of anilines is 1. The van der Waals surface area contributed by atoms with Gasteiger partial charge in [-0.05, 0) is 24.6 Å². The van der Waals surface area contributed by atoms with Gasteiger partial charge in [0.25, 0.3) is 0 Å². The predicted octanol–water partition coefficient (Wildman–Crippen LogP) is 2.81. The maximum atomic E-state index is 13.0. The summed E-state index contributed by atoms with van der Waals surface area (Å²) in [6, 6.07) is 3.18. The molecule has 2 N–H and O–H groups in total. The highest BCUT2D eigenvalue weighted by molar-refractivity contribution is 6.33. The number of hydrogen-bond acceptors (Lipinski definition) is 2. The number of carbonyl (C=O) groups is 2. The molecule has 0 spiro atoms. The van der Waals surface area contributed by atoms with Gasteiger partial charge >= 0.3 is 12.0 Å². The molecule has 104 valence electrons. The van der Waals surface area contributed by atoms with Gasteiger partial charge in [0.2, 0.25) is 0 Å². The van der Waals surface area contributed by atoms with E-state index >= 15 is 0 Å². The molecule has 19 heavy (non-hydrogen) atoms. The normalized spacial score (nSPS) is 10.1. The van der Waals surface area contributed by atoms with Crippen LogP contribution in [0.3, 0.4) is 0 Å². The van der Waals surface area contributed by atoms with Gasteiger partial charge in [0, 0.05) is 20.0 Å². The molecule has 5 nitrogen and oxygen atoms in total. The maximum absolute atomic E-state index is 13.0. The molecule has 0 aliphatic heterocycles. The van der Waals surface area contributed by atoms with Crippen LogP contribution < -0.4 is 5.32 Å². The lowest BCUT2D eigenvalue weighted by atomic mass is 10.3. The highest BCUT2D eigenvalue weighted by atomic mass is 35.5. The quantitative estimate of drug-likeness (QED) is 0.875. The third-order valence-electron chi connectivity index (χ3n) is 2.40. The van der Waals surface area contributed by atoms with Crippen molar-refractivity contribution in [3.63, 3.8) is 0 Å². The lowest BCUT2D eigenvalue weighted by Gasteiger charge is -2.18. The second-order valence-corrected chi connectivity index (χ2v) is 4.38. The molecule has 0 bridgehead atoms. The van der Waals surface area contributed by atoms with Gasteiger partial charge in [-0.3, -0.25) is 4.79 Å². The van der Waals surface area contributed by atoms with Crippen LogP contribution >= 0.6 is 11.6 Å². The highest BCUT2D eigenvalue weighted by Crippen LogP contribution is 2.22. The van der Waals surface area contributed by atoms with E-state index in [1.165, 1.54) is 24.1 Å². The van der Waals surface area contributed by atoms with E-state index in [-0.39, 0.29) is 23.7 Å². The van der Waals surface area contributed by atoms with Crippen LogP contribution in [0.5, 0.6) is 0 Å². The van der Waals surface area contributed by atoms with E-state index in [1.807, 2.05) is 0 Å². The zero-order valence-corrected chi connectivity index (χ0v) is 11.1. The fourth-order valence-corrected chi connectivity index (χ4v) is 1.54. The van der Waals surface area contributed by atoms with Crippen molar-refractivity contribution in [2.75, 3.05) is 18.9 Å². The van der Waals surface area contributed by atoms with Gasteiger partial charge in [-0.25, -0.2) is 9.18 Å². The number of halogens is 2. The lowest BCUT2D eigenvalue weighted by Crippen LogP contribution is -2.32. The molecule has 0 aliphatic rings. The second-order valence-electron chi connectivity index (χ2n) is 3.97. The van der Waals surface area contributed by atoms with Crippen LogP contribution in [0.15, 0.2) is 18.2 Å². The molecule has 0 aliphatic carbocycles. The van der Waals surface area contributed by atoms with Crippen molar-refractivity contribution in [1.29, 1.82) is 0 Å². The van der Waals surface area contributed by atoms with Crippen LogP contribution in [0, 0.1) is 5.82 Å². The van der Waals surface area contributed by atoms with Gasteiger partial charge in [-0.15, -0.1) is 0 Å². The Morgan fingerprint density at radius 3 is 2.79 bits per heavy atom. The summed E-state index contributed by atoms with van der Waals surface area (Å²) in [5.41, 5.74) is 0.178. The summed E-state index contributed by atoms with van der Waals surface area (Å²) < 4.78 is 13.0. The Bertz CT molecular complexity index is 482. The van der Waals surface area contributed by atoms with Gasteiger partial charge in [0.05, 0.1) is 10.7 Å². The van der Waals surface area contributed by atoms with Crippen LogP contribution in [-0.4, -0.2) is 35.6 Å². The van der Waals surface area contributed by atoms with Crippen LogP contribution in [0.2, 0.25) is 5.02 Å². The number of nitrogens with zero attached hydrogens (tertiary/aromatic N) is 1. The summed E-state index contributed by atoms with van der Waals surface area (Å²) in [5.74, 6) is -1.42. The summed E-state index contributed by atoms with van der Waals surface area (Å²) in [5, 5.41) is 11.2. The zero-order chi connectivity index (χ0) is 14.4. The maximum Gasteiger partial charge on any atom is 0.321 e. The Labute approximate surface area is 115 Å². The number of nitrogens with one attached hydrogen (secondary N) is 1. The molecule has 0 aromatic heterocycles. The predicted molar refractivity (Wildman–Crippen MR) is 69.9 cm³/mol. The monoisotopic (exact) mass is 288 g/mol. The Kier molecular flexibility index (Phi) is 5.57. The first-order valence-electron chi connectivity index (χ1n) is 5.59. The Morgan fingerprint density at radius 1 is 1.47 bits per heavy atom. The number of amides is 2. The molecule has 7 heteroatoms. The Hall–Kier alpha value is -1.82. The standard InChI is InChI=1S/C12H14ClFN2O3/c1-16(6-2-3-11(17)18)12(19)15-10-7-8(14)4-5-9(10)13/h4-5,7H,2-3,6H2,1H3,(H,15,19)(H,17,18). The SMILES string of the molecule is CN(CCCC(=O)O)C(=O)Nc1cc(F)ccc1Cl. The molecule has 0 unspecified atom stereocenters. The van der Waals surface area contributed by atoms with E-state index < -0.39 is 17.8 Å². The van der Waals surface area contributed by atoms with Gasteiger partial charge in [-0.2, -0.15) is 0 Å². The Morgan fingerprint density at radius 2 is 2.16 bits per heavy atom. The van der Waals surface area contributed by atoms with Gasteiger partial charge in [-0.1, -0.05) is 11.6 Å². The zero-order valence-electron chi connectivity index (χ0n) is 10.3. The van der Waals surface area contributed by atoms with Crippen molar-refractivity contribution < 1.29 is 19.1 Å². The summed E-state index contributed by atoms with van der Waals surface area (Å²) in [7, 11) is 1.52. The minimum absolute atomic E-state index is 0.0155. The Balaban J connectivity index is 2.54. The van der Waals surface area contributed by atoms with Gasteiger partial charge < -0.3 is 15.3 Å². The van der Waals surface area contributed by atoms with Gasteiger partial charge in [0.1, 0.15) is 5.82 Å². The first-order valence-corrected chi connectivity index (χ1v) is 5.97. The number of carboxylic acid groups (broad SMARTS) is 1. The number of benzene rings is 1. The van der Waals surface area contributed by atoms with E-state index in [0.29, 0.717) is 6.42 Å². The molecule has 1 rings (SSSR count). The van der Waals surface area contributed by atoms with E-state index in [2.05, 4.69) is 5.32 Å². The summed E-state index contributed by atoms with van der Waals surface area (Å²) >= 11 is 5.81. The van der Waals surface area contributed by atoms with Crippen LogP contribution in [0.1, 0.15) is 12.8 Å². The third-order valence-corrected chi connectivity index (χ3v) is 2.73. The van der Waals surface area contributed by atoms with Crippen LogP contribution in [-0.2, 0) is 4.79 Å². The fourth-order valence-electron chi connectivity index (χ4n) is 1.37. The fraction of sp³-hybridized carbons (Fsp3) is 0.333. The molecule has 1 aromatic rings. The molecule has 0 saturated heterocycles. The first-order chi connectivity index (χ1) is 8.90. The largest absolute Gasteiger partial charge is 0.481 e. The summed E-state index contributed by atoms with van der Waals surface area (Å²) in [6.07, 6.45) is 0.328. The van der Waals surface area contributed by atoms with Crippen LogP contribution in [0.4, 0.5) is 14.9 Å². The summed E-state index contributed by atoms with van der Waals surface area (Å²) in [6.45, 7) is 0.283. The minimum atomic E-state index is -0.915. The van der Waals surface area contributed by atoms with E-state index in [0.717, 1.165) is 6.07 Å². The molecule has 2 amide bonds. The van der Waals surface area contributed by atoms with Crippen molar-refractivity contribution in [3.05, 3.63) is 29.0 Å². The first kappa shape index (κ1) is 15.2. The van der Waals surface area contributed by atoms with E-state index in [1.54, 1.807) is 0 Å². The molecule has 1 aromatic carbocycles. The average Bonchev–Trinajstić information content (AvgIpc) is 2.33. The van der Waals surface area contributed by atoms with Crippen LogP contribution in [0.25, 0.3) is 0 Å². The van der Waals surface area contributed by atoms with Crippen molar-refractivity contribution in [1.82, 2.24) is 4.90 Å². The highest BCUT2D eigenvalue weighted by Gasteiger charge is 2.11. The second kappa shape index (κ2) is 6.94. The minimum Gasteiger partial charge on any atom is -0.481 e. The number of carboxylic acids is 1. The third kappa shape index (κ3) is 5.13. The molecular weight excluding hydrogens is 275 g/mol.